The third kappa shape index (κ3) is 3.68. The molecule has 0 heterocycles. The molecule has 2 rings (SSSR count). The number of aromatic hydroxyl groups is 2. The maximum atomic E-state index is 10.2. The monoisotopic (exact) mass is 369 g/mol. The number of ether oxygens (including phenoxy) is 1. The molecule has 0 aliphatic carbocycles. The Kier molecular flexibility index (Phi) is 5.09. The number of halogens is 2. The first-order valence-electron chi connectivity index (χ1n) is 6.19. The minimum absolute atomic E-state index is 0.00669. The zero-order chi connectivity index (χ0) is 15.4. The summed E-state index contributed by atoms with van der Waals surface area (Å²) in [5, 5.41) is 20.4. The number of rotatable bonds is 4. The van der Waals surface area contributed by atoms with Crippen molar-refractivity contribution >= 4 is 39.4 Å². The van der Waals surface area contributed by atoms with E-state index in [0.717, 1.165) is 0 Å². The summed E-state index contributed by atoms with van der Waals surface area (Å²) in [4.78, 5) is 4.15. The van der Waals surface area contributed by atoms with E-state index in [2.05, 4.69) is 20.9 Å². The van der Waals surface area contributed by atoms with E-state index >= 15 is 0 Å². The molecule has 0 fully saturated rings. The Balaban J connectivity index is 2.40. The fraction of sp³-hybridized carbons (Fsp3) is 0.133. The first kappa shape index (κ1) is 15.7. The van der Waals surface area contributed by atoms with Crippen LogP contribution in [0.1, 0.15) is 12.5 Å². The Morgan fingerprint density at radius 1 is 1.29 bits per heavy atom. The van der Waals surface area contributed by atoms with Crippen molar-refractivity contribution in [2.45, 2.75) is 6.92 Å². The van der Waals surface area contributed by atoms with Crippen molar-refractivity contribution in [3.8, 4) is 17.2 Å². The lowest BCUT2D eigenvalue weighted by molar-refractivity contribution is 0.318. The van der Waals surface area contributed by atoms with Gasteiger partial charge in [0.1, 0.15) is 11.4 Å². The summed E-state index contributed by atoms with van der Waals surface area (Å²) in [7, 11) is 0. The van der Waals surface area contributed by atoms with Crippen LogP contribution < -0.4 is 4.74 Å². The van der Waals surface area contributed by atoms with Gasteiger partial charge < -0.3 is 14.9 Å². The van der Waals surface area contributed by atoms with Crippen molar-refractivity contribution in [2.24, 2.45) is 4.99 Å². The van der Waals surface area contributed by atoms with Gasteiger partial charge in [-0.15, -0.1) is 0 Å². The predicted molar refractivity (Wildman–Crippen MR) is 87.3 cm³/mol. The van der Waals surface area contributed by atoms with E-state index in [9.17, 15) is 10.2 Å². The molecule has 2 aromatic rings. The van der Waals surface area contributed by atoms with Gasteiger partial charge in [-0.2, -0.15) is 0 Å². The van der Waals surface area contributed by atoms with Crippen molar-refractivity contribution < 1.29 is 14.9 Å². The van der Waals surface area contributed by atoms with Crippen LogP contribution in [0.2, 0.25) is 5.02 Å². The van der Waals surface area contributed by atoms with Gasteiger partial charge in [0.25, 0.3) is 0 Å². The summed E-state index contributed by atoms with van der Waals surface area (Å²) < 4.78 is 5.99. The molecular formula is C15H13BrClNO3. The molecule has 0 aliphatic heterocycles. The number of nitrogens with zero attached hydrogens (tertiary/aromatic N) is 1. The molecule has 0 saturated carbocycles. The molecule has 0 aromatic heterocycles. The van der Waals surface area contributed by atoms with E-state index < -0.39 is 0 Å². The Morgan fingerprint density at radius 3 is 2.76 bits per heavy atom. The minimum Gasteiger partial charge on any atom is -0.506 e. The van der Waals surface area contributed by atoms with E-state index in [1.54, 1.807) is 18.2 Å². The van der Waals surface area contributed by atoms with Crippen LogP contribution in [0.3, 0.4) is 0 Å². The van der Waals surface area contributed by atoms with Crippen LogP contribution in [0, 0.1) is 0 Å². The predicted octanol–water partition coefficient (Wildman–Crippen LogP) is 4.66. The number of hydrogen-bond acceptors (Lipinski definition) is 4. The fourth-order valence-electron chi connectivity index (χ4n) is 1.69. The molecule has 0 spiro atoms. The summed E-state index contributed by atoms with van der Waals surface area (Å²) in [6.45, 7) is 2.28. The third-order valence-corrected chi connectivity index (χ3v) is 3.62. The van der Waals surface area contributed by atoms with E-state index in [-0.39, 0.29) is 11.5 Å². The number of aliphatic imine (C=N–C) groups is 1. The highest BCUT2D eigenvalue weighted by atomic mass is 79.9. The molecular weight excluding hydrogens is 358 g/mol. The zero-order valence-electron chi connectivity index (χ0n) is 11.2. The number of phenolic OH excluding ortho intramolecular Hbond substituents is 2. The van der Waals surface area contributed by atoms with Crippen molar-refractivity contribution in [3.63, 3.8) is 0 Å². The van der Waals surface area contributed by atoms with Crippen LogP contribution in [-0.2, 0) is 0 Å². The van der Waals surface area contributed by atoms with E-state index in [4.69, 9.17) is 16.3 Å². The summed E-state index contributed by atoms with van der Waals surface area (Å²) in [5.74, 6) is 0.362. The minimum atomic E-state index is -0.0171. The van der Waals surface area contributed by atoms with Crippen LogP contribution in [0.5, 0.6) is 17.2 Å². The molecule has 4 nitrogen and oxygen atoms in total. The Bertz CT molecular complexity index is 689. The molecule has 0 amide bonds. The highest BCUT2D eigenvalue weighted by molar-refractivity contribution is 9.10. The van der Waals surface area contributed by atoms with Crippen LogP contribution in [0.4, 0.5) is 5.69 Å². The number of hydrogen-bond donors (Lipinski definition) is 2. The van der Waals surface area contributed by atoms with Crippen LogP contribution in [0.25, 0.3) is 0 Å². The van der Waals surface area contributed by atoms with Gasteiger partial charge in [-0.05, 0) is 53.2 Å². The molecule has 21 heavy (non-hydrogen) atoms. The third-order valence-electron chi connectivity index (χ3n) is 2.70. The molecule has 110 valence electrons. The van der Waals surface area contributed by atoms with Gasteiger partial charge in [0.05, 0.1) is 12.2 Å². The molecule has 2 aromatic carbocycles. The van der Waals surface area contributed by atoms with Crippen LogP contribution in [0.15, 0.2) is 39.8 Å². The number of phenols is 2. The van der Waals surface area contributed by atoms with Crippen molar-refractivity contribution in [3.05, 3.63) is 45.4 Å². The maximum Gasteiger partial charge on any atom is 0.167 e. The molecule has 6 heteroatoms. The molecule has 0 radical (unpaired) electrons. The second-order valence-electron chi connectivity index (χ2n) is 4.13. The zero-order valence-corrected chi connectivity index (χ0v) is 13.5. The maximum absolute atomic E-state index is 10.2. The highest BCUT2D eigenvalue weighted by Gasteiger charge is 2.11. The molecule has 0 saturated heterocycles. The van der Waals surface area contributed by atoms with Gasteiger partial charge in [0, 0.05) is 15.7 Å². The second kappa shape index (κ2) is 6.83. The molecule has 0 aliphatic rings. The topological polar surface area (TPSA) is 62.0 Å². The van der Waals surface area contributed by atoms with Gasteiger partial charge in [0.2, 0.25) is 0 Å². The molecule has 2 N–H and O–H groups in total. The average Bonchev–Trinajstić information content (AvgIpc) is 2.45. The normalized spacial score (nSPS) is 11.0. The lowest BCUT2D eigenvalue weighted by Gasteiger charge is -2.09. The van der Waals surface area contributed by atoms with Crippen molar-refractivity contribution in [1.82, 2.24) is 0 Å². The first-order chi connectivity index (χ1) is 10.0. The van der Waals surface area contributed by atoms with Gasteiger partial charge >= 0.3 is 0 Å². The number of benzene rings is 2. The van der Waals surface area contributed by atoms with Gasteiger partial charge in [-0.25, -0.2) is 0 Å². The highest BCUT2D eigenvalue weighted by Crippen LogP contribution is 2.35. The second-order valence-corrected chi connectivity index (χ2v) is 5.42. The fourth-order valence-corrected chi connectivity index (χ4v) is 2.28. The quantitative estimate of drug-likeness (QED) is 0.769. The van der Waals surface area contributed by atoms with Crippen molar-refractivity contribution in [1.29, 1.82) is 0 Å². The largest absolute Gasteiger partial charge is 0.506 e. The first-order valence-corrected chi connectivity index (χ1v) is 7.37. The Morgan fingerprint density at radius 2 is 2.05 bits per heavy atom. The van der Waals surface area contributed by atoms with Gasteiger partial charge in [0.15, 0.2) is 11.5 Å². The molecule has 0 atom stereocenters. The Hall–Kier alpha value is -1.72. The summed E-state index contributed by atoms with van der Waals surface area (Å²) >= 11 is 9.21. The van der Waals surface area contributed by atoms with E-state index in [1.165, 1.54) is 18.3 Å². The lowest BCUT2D eigenvalue weighted by Crippen LogP contribution is -1.94. The summed E-state index contributed by atoms with van der Waals surface area (Å²) in [6.07, 6.45) is 1.44. The van der Waals surface area contributed by atoms with E-state index in [1.807, 2.05) is 6.92 Å². The van der Waals surface area contributed by atoms with Crippen LogP contribution in [-0.4, -0.2) is 23.0 Å². The summed E-state index contributed by atoms with van der Waals surface area (Å²) in [6, 6.07) is 7.98. The van der Waals surface area contributed by atoms with Crippen LogP contribution >= 0.6 is 27.5 Å². The van der Waals surface area contributed by atoms with Gasteiger partial charge in [-0.3, -0.25) is 4.99 Å². The molecule has 0 unspecified atom stereocenters. The standard InChI is InChI=1S/C15H13BrClNO3/c1-2-21-14-6-4-11(16)10(15(14)20)8-18-12-7-9(17)3-5-13(12)19/h3-8,19-20H,2H2,1H3. The SMILES string of the molecule is CCOc1ccc(Br)c(C=Nc2cc(Cl)ccc2O)c1O. The van der Waals surface area contributed by atoms with Crippen molar-refractivity contribution in [2.75, 3.05) is 6.61 Å². The average molecular weight is 371 g/mol. The lowest BCUT2D eigenvalue weighted by atomic mass is 10.2. The smallest absolute Gasteiger partial charge is 0.167 e. The van der Waals surface area contributed by atoms with E-state index in [0.29, 0.717) is 33.1 Å². The molecule has 0 bridgehead atoms. The summed E-state index contributed by atoms with van der Waals surface area (Å²) in [5.41, 5.74) is 0.774. The van der Waals surface area contributed by atoms with Gasteiger partial charge in [-0.1, -0.05) is 11.6 Å². The Labute approximate surface area is 135 Å².